The molecule has 1 fully saturated rings. The summed E-state index contributed by atoms with van der Waals surface area (Å²) in [5, 5.41) is 6.11. The van der Waals surface area contributed by atoms with E-state index in [2.05, 4.69) is 34.6 Å². The molecule has 1 heterocycles. The highest BCUT2D eigenvalue weighted by atomic mass is 16.5. The van der Waals surface area contributed by atoms with Gasteiger partial charge in [-0.3, -0.25) is 4.79 Å². The van der Waals surface area contributed by atoms with Crippen LogP contribution >= 0.6 is 0 Å². The molecule has 0 unspecified atom stereocenters. The van der Waals surface area contributed by atoms with Crippen LogP contribution in [0, 0.1) is 5.92 Å². The van der Waals surface area contributed by atoms with Crippen LogP contribution < -0.4 is 20.3 Å². The van der Waals surface area contributed by atoms with Gasteiger partial charge in [-0.05, 0) is 49.1 Å². The van der Waals surface area contributed by atoms with E-state index in [1.165, 1.54) is 18.5 Å². The summed E-state index contributed by atoms with van der Waals surface area (Å²) < 4.78 is 5.32. The number of piperidine rings is 1. The van der Waals surface area contributed by atoms with E-state index in [1.807, 2.05) is 36.4 Å². The third-order valence-electron chi connectivity index (χ3n) is 5.09. The van der Waals surface area contributed by atoms with Crippen LogP contribution in [-0.2, 0) is 11.3 Å². The lowest BCUT2D eigenvalue weighted by atomic mass is 9.99. The van der Waals surface area contributed by atoms with Gasteiger partial charge in [-0.25, -0.2) is 0 Å². The van der Waals surface area contributed by atoms with Crippen LogP contribution in [0.4, 0.5) is 11.4 Å². The maximum Gasteiger partial charge on any atom is 0.238 e. The van der Waals surface area contributed by atoms with Crippen molar-refractivity contribution in [1.29, 1.82) is 0 Å². The van der Waals surface area contributed by atoms with E-state index < -0.39 is 0 Å². The molecule has 0 spiro atoms. The Bertz CT molecular complexity index is 737. The van der Waals surface area contributed by atoms with Crippen molar-refractivity contribution in [3.05, 3.63) is 54.1 Å². The first kappa shape index (κ1) is 19.2. The van der Waals surface area contributed by atoms with Gasteiger partial charge in [0.05, 0.1) is 13.7 Å². The molecule has 3 rings (SSSR count). The van der Waals surface area contributed by atoms with E-state index >= 15 is 0 Å². The third-order valence-corrected chi connectivity index (χ3v) is 5.09. The Balaban J connectivity index is 1.45. The van der Waals surface area contributed by atoms with Crippen molar-refractivity contribution in [3.8, 4) is 5.75 Å². The minimum atomic E-state index is -0.0514. The van der Waals surface area contributed by atoms with Crippen molar-refractivity contribution in [2.24, 2.45) is 5.92 Å². The minimum absolute atomic E-state index is 0.0514. The Kier molecular flexibility index (Phi) is 6.71. The fourth-order valence-corrected chi connectivity index (χ4v) is 3.39. The average molecular weight is 367 g/mol. The van der Waals surface area contributed by atoms with Gasteiger partial charge >= 0.3 is 0 Å². The smallest absolute Gasteiger partial charge is 0.238 e. The van der Waals surface area contributed by atoms with Crippen LogP contribution in [0.3, 0.4) is 0 Å². The topological polar surface area (TPSA) is 53.6 Å². The molecule has 2 aromatic carbocycles. The minimum Gasteiger partial charge on any atom is -0.496 e. The Morgan fingerprint density at radius 2 is 1.81 bits per heavy atom. The van der Waals surface area contributed by atoms with Gasteiger partial charge < -0.3 is 20.3 Å². The second-order valence-electron chi connectivity index (χ2n) is 7.18. The molecule has 1 amide bonds. The molecule has 0 aromatic heterocycles. The van der Waals surface area contributed by atoms with Crippen molar-refractivity contribution in [3.63, 3.8) is 0 Å². The first-order valence-electron chi connectivity index (χ1n) is 9.63. The van der Waals surface area contributed by atoms with Gasteiger partial charge in [-0.1, -0.05) is 25.1 Å². The monoisotopic (exact) mass is 367 g/mol. The molecule has 27 heavy (non-hydrogen) atoms. The Morgan fingerprint density at radius 3 is 2.52 bits per heavy atom. The SMILES string of the molecule is COc1ccccc1CNCC(=O)Nc1ccc(N2CCC(C)CC2)cc1. The molecular formula is C22H29N3O2. The normalized spacial score (nSPS) is 14.8. The number of ether oxygens (including phenoxy) is 1. The van der Waals surface area contributed by atoms with E-state index in [9.17, 15) is 4.79 Å². The largest absolute Gasteiger partial charge is 0.496 e. The molecular weight excluding hydrogens is 338 g/mol. The second-order valence-corrected chi connectivity index (χ2v) is 7.18. The summed E-state index contributed by atoms with van der Waals surface area (Å²) in [5.74, 6) is 1.60. The number of hydrogen-bond donors (Lipinski definition) is 2. The number of carbonyl (C=O) groups excluding carboxylic acids is 1. The number of nitrogens with one attached hydrogen (secondary N) is 2. The van der Waals surface area contributed by atoms with Gasteiger partial charge in [0.25, 0.3) is 0 Å². The number of anilines is 2. The van der Waals surface area contributed by atoms with Crippen molar-refractivity contribution >= 4 is 17.3 Å². The lowest BCUT2D eigenvalue weighted by Gasteiger charge is -2.32. The molecule has 1 aliphatic heterocycles. The summed E-state index contributed by atoms with van der Waals surface area (Å²) in [6.45, 7) is 5.38. The van der Waals surface area contributed by atoms with Crippen LogP contribution in [0.5, 0.6) is 5.75 Å². The fourth-order valence-electron chi connectivity index (χ4n) is 3.39. The maximum atomic E-state index is 12.2. The molecule has 0 radical (unpaired) electrons. The zero-order valence-corrected chi connectivity index (χ0v) is 16.2. The highest BCUT2D eigenvalue weighted by Gasteiger charge is 2.15. The third kappa shape index (κ3) is 5.47. The zero-order chi connectivity index (χ0) is 19.1. The molecule has 144 valence electrons. The summed E-state index contributed by atoms with van der Waals surface area (Å²) in [6.07, 6.45) is 2.49. The molecule has 0 bridgehead atoms. The van der Waals surface area contributed by atoms with Crippen molar-refractivity contribution in [1.82, 2.24) is 5.32 Å². The number of hydrogen-bond acceptors (Lipinski definition) is 4. The van der Waals surface area contributed by atoms with Crippen LogP contribution in [0.1, 0.15) is 25.3 Å². The molecule has 0 aliphatic carbocycles. The van der Waals surface area contributed by atoms with Gasteiger partial charge in [0, 0.05) is 36.6 Å². The van der Waals surface area contributed by atoms with Crippen LogP contribution in [-0.4, -0.2) is 32.7 Å². The quantitative estimate of drug-likeness (QED) is 0.784. The fraction of sp³-hybridized carbons (Fsp3) is 0.409. The van der Waals surface area contributed by atoms with E-state index in [1.54, 1.807) is 7.11 Å². The number of amides is 1. The van der Waals surface area contributed by atoms with Gasteiger partial charge in [-0.2, -0.15) is 0 Å². The summed E-state index contributed by atoms with van der Waals surface area (Å²) in [6, 6.07) is 15.9. The number of para-hydroxylation sites is 1. The van der Waals surface area contributed by atoms with Gasteiger partial charge in [-0.15, -0.1) is 0 Å². The van der Waals surface area contributed by atoms with Crippen molar-refractivity contribution in [2.75, 3.05) is 37.0 Å². The molecule has 1 saturated heterocycles. The van der Waals surface area contributed by atoms with E-state index in [-0.39, 0.29) is 12.5 Å². The Labute approximate surface area is 161 Å². The lowest BCUT2D eigenvalue weighted by Crippen LogP contribution is -2.32. The zero-order valence-electron chi connectivity index (χ0n) is 16.2. The first-order chi connectivity index (χ1) is 13.2. The Hall–Kier alpha value is -2.53. The number of nitrogens with zero attached hydrogens (tertiary/aromatic N) is 1. The Morgan fingerprint density at radius 1 is 1.11 bits per heavy atom. The summed E-state index contributed by atoms with van der Waals surface area (Å²) in [7, 11) is 1.65. The molecule has 2 N–H and O–H groups in total. The maximum absolute atomic E-state index is 12.2. The first-order valence-corrected chi connectivity index (χ1v) is 9.63. The standard InChI is InChI=1S/C22H29N3O2/c1-17-11-13-25(14-12-17)20-9-7-19(8-10-20)24-22(26)16-23-15-18-5-3-4-6-21(18)27-2/h3-10,17,23H,11-16H2,1-2H3,(H,24,26). The number of methoxy groups -OCH3 is 1. The van der Waals surface area contributed by atoms with Gasteiger partial charge in [0.1, 0.15) is 5.75 Å². The van der Waals surface area contributed by atoms with Crippen molar-refractivity contribution in [2.45, 2.75) is 26.3 Å². The average Bonchev–Trinajstić information content (AvgIpc) is 2.69. The number of benzene rings is 2. The highest BCUT2D eigenvalue weighted by Crippen LogP contribution is 2.24. The number of carbonyl (C=O) groups is 1. The van der Waals surface area contributed by atoms with Crippen molar-refractivity contribution < 1.29 is 9.53 Å². The van der Waals surface area contributed by atoms with Gasteiger partial charge in [0.15, 0.2) is 0 Å². The number of rotatable bonds is 7. The molecule has 0 saturated carbocycles. The van der Waals surface area contributed by atoms with E-state index in [0.29, 0.717) is 6.54 Å². The summed E-state index contributed by atoms with van der Waals surface area (Å²) >= 11 is 0. The lowest BCUT2D eigenvalue weighted by molar-refractivity contribution is -0.115. The second kappa shape index (κ2) is 9.42. The van der Waals surface area contributed by atoms with Gasteiger partial charge in [0.2, 0.25) is 5.91 Å². The summed E-state index contributed by atoms with van der Waals surface area (Å²) in [4.78, 5) is 14.6. The molecule has 5 heteroatoms. The van der Waals surface area contributed by atoms with Crippen LogP contribution in [0.25, 0.3) is 0 Å². The molecule has 5 nitrogen and oxygen atoms in total. The van der Waals surface area contributed by atoms with Crippen LogP contribution in [0.2, 0.25) is 0 Å². The predicted molar refractivity (Wildman–Crippen MR) is 110 cm³/mol. The molecule has 0 atom stereocenters. The van der Waals surface area contributed by atoms with Crippen LogP contribution in [0.15, 0.2) is 48.5 Å². The highest BCUT2D eigenvalue weighted by molar-refractivity contribution is 5.92. The van der Waals surface area contributed by atoms with E-state index in [4.69, 9.17) is 4.74 Å². The van der Waals surface area contributed by atoms with E-state index in [0.717, 1.165) is 36.0 Å². The predicted octanol–water partition coefficient (Wildman–Crippen LogP) is 3.66. The molecule has 1 aliphatic rings. The summed E-state index contributed by atoms with van der Waals surface area (Å²) in [5.41, 5.74) is 3.09. The molecule has 2 aromatic rings.